The summed E-state index contributed by atoms with van der Waals surface area (Å²) in [5.41, 5.74) is 9.20. The molecule has 1 heterocycles. The molecule has 0 saturated heterocycles. The highest BCUT2D eigenvalue weighted by Crippen LogP contribution is 2.34. The van der Waals surface area contributed by atoms with Crippen LogP contribution >= 0.6 is 0 Å². The number of nitrogen functional groups attached to an aromatic ring is 1. The van der Waals surface area contributed by atoms with Crippen LogP contribution in [0.5, 0.6) is 5.75 Å². The van der Waals surface area contributed by atoms with E-state index in [1.54, 1.807) is 48.5 Å². The molecule has 27 heavy (non-hydrogen) atoms. The molecule has 0 radical (unpaired) electrons. The van der Waals surface area contributed by atoms with Crippen molar-refractivity contribution >= 4 is 17.1 Å². The van der Waals surface area contributed by atoms with Gasteiger partial charge in [-0.2, -0.15) is 5.26 Å². The summed E-state index contributed by atoms with van der Waals surface area (Å²) in [5, 5.41) is 19.6. The average molecular weight is 380 g/mol. The standard InChI is InChI=1S/C19H16N4O3S/c20-10-16-15(13-5-3-4-12(8-13)11-22-27(25)26)9-17(23-19(16)21)14-6-1-2-7-18(14)24/h1-9,22,24H,11H2,(H2,21,23)(H,25,26). The maximum atomic E-state index is 10.8. The van der Waals surface area contributed by atoms with Crippen LogP contribution < -0.4 is 10.5 Å². The maximum absolute atomic E-state index is 10.8. The van der Waals surface area contributed by atoms with Gasteiger partial charge in [-0.25, -0.2) is 13.9 Å². The lowest BCUT2D eigenvalue weighted by Crippen LogP contribution is -2.15. The minimum absolute atomic E-state index is 0.0587. The van der Waals surface area contributed by atoms with Gasteiger partial charge in [0.1, 0.15) is 23.2 Å². The number of anilines is 1. The van der Waals surface area contributed by atoms with Crippen molar-refractivity contribution in [1.82, 2.24) is 9.71 Å². The molecular formula is C19H16N4O3S. The summed E-state index contributed by atoms with van der Waals surface area (Å²) in [6, 6.07) is 17.7. The number of hydrogen-bond donors (Lipinski definition) is 4. The Morgan fingerprint density at radius 3 is 2.63 bits per heavy atom. The molecule has 0 aliphatic carbocycles. The fourth-order valence-electron chi connectivity index (χ4n) is 2.73. The van der Waals surface area contributed by atoms with Crippen molar-refractivity contribution in [3.05, 3.63) is 65.7 Å². The van der Waals surface area contributed by atoms with E-state index in [9.17, 15) is 14.6 Å². The highest BCUT2D eigenvalue weighted by Gasteiger charge is 2.15. The van der Waals surface area contributed by atoms with E-state index < -0.39 is 11.3 Å². The Morgan fingerprint density at radius 1 is 1.15 bits per heavy atom. The number of hydrogen-bond acceptors (Lipinski definition) is 5. The number of nitrogens with zero attached hydrogens (tertiary/aromatic N) is 2. The van der Waals surface area contributed by atoms with Gasteiger partial charge in [0.2, 0.25) is 11.3 Å². The fourth-order valence-corrected chi connectivity index (χ4v) is 3.02. The van der Waals surface area contributed by atoms with Crippen molar-refractivity contribution in [3.8, 4) is 34.2 Å². The summed E-state index contributed by atoms with van der Waals surface area (Å²) in [5.74, 6) is 0.122. The number of para-hydroxylation sites is 1. The van der Waals surface area contributed by atoms with Gasteiger partial charge >= 0.3 is 0 Å². The normalized spacial score (nSPS) is 11.7. The summed E-state index contributed by atoms with van der Waals surface area (Å²) in [6.45, 7) is 0.186. The van der Waals surface area contributed by atoms with Gasteiger partial charge in [0.25, 0.3) is 0 Å². The van der Waals surface area contributed by atoms with Gasteiger partial charge in [-0.1, -0.05) is 30.3 Å². The molecule has 7 nitrogen and oxygen atoms in total. The lowest BCUT2D eigenvalue weighted by molar-refractivity contribution is 0.477. The molecule has 0 aliphatic heterocycles. The molecule has 5 N–H and O–H groups in total. The number of nitrogens with two attached hydrogens (primary N) is 1. The summed E-state index contributed by atoms with van der Waals surface area (Å²) < 4.78 is 22.1. The number of benzene rings is 2. The van der Waals surface area contributed by atoms with Crippen molar-refractivity contribution in [3.63, 3.8) is 0 Å². The molecule has 0 amide bonds. The van der Waals surface area contributed by atoms with Crippen LogP contribution in [0, 0.1) is 11.3 Å². The monoisotopic (exact) mass is 380 g/mol. The van der Waals surface area contributed by atoms with E-state index in [0.29, 0.717) is 22.4 Å². The minimum Gasteiger partial charge on any atom is -0.507 e. The van der Waals surface area contributed by atoms with Crippen LogP contribution in [0.3, 0.4) is 0 Å². The van der Waals surface area contributed by atoms with E-state index in [4.69, 9.17) is 10.3 Å². The van der Waals surface area contributed by atoms with Gasteiger partial charge in [-0.15, -0.1) is 0 Å². The number of phenols is 1. The smallest absolute Gasteiger partial charge is 0.232 e. The van der Waals surface area contributed by atoms with E-state index in [0.717, 1.165) is 5.56 Å². The third-order valence-corrected chi connectivity index (χ3v) is 4.37. The van der Waals surface area contributed by atoms with Crippen molar-refractivity contribution < 1.29 is 13.9 Å². The summed E-state index contributed by atoms with van der Waals surface area (Å²) in [6.07, 6.45) is 0. The largest absolute Gasteiger partial charge is 0.507 e. The second kappa shape index (κ2) is 7.97. The number of aromatic nitrogens is 1. The van der Waals surface area contributed by atoms with Gasteiger partial charge in [0.15, 0.2) is 0 Å². The molecule has 2 aromatic carbocycles. The van der Waals surface area contributed by atoms with Crippen LogP contribution in [0.4, 0.5) is 5.82 Å². The van der Waals surface area contributed by atoms with E-state index in [-0.39, 0.29) is 23.7 Å². The van der Waals surface area contributed by atoms with Gasteiger partial charge in [0.05, 0.1) is 5.69 Å². The number of phenolic OH excluding ortho intramolecular Hbond substituents is 1. The van der Waals surface area contributed by atoms with Gasteiger partial charge < -0.3 is 10.8 Å². The number of rotatable bonds is 5. The molecule has 8 heteroatoms. The van der Waals surface area contributed by atoms with Crippen LogP contribution in [-0.2, 0) is 17.8 Å². The van der Waals surface area contributed by atoms with Crippen molar-refractivity contribution in [2.24, 2.45) is 0 Å². The highest BCUT2D eigenvalue weighted by atomic mass is 32.2. The summed E-state index contributed by atoms with van der Waals surface area (Å²) in [7, 11) is 0. The first kappa shape index (κ1) is 18.5. The molecule has 3 aromatic rings. The molecule has 0 aliphatic rings. The lowest BCUT2D eigenvalue weighted by atomic mass is 9.97. The van der Waals surface area contributed by atoms with Crippen LogP contribution in [-0.4, -0.2) is 18.9 Å². The molecule has 136 valence electrons. The van der Waals surface area contributed by atoms with Crippen LogP contribution in [0.1, 0.15) is 11.1 Å². The van der Waals surface area contributed by atoms with Gasteiger partial charge in [-0.05, 0) is 35.4 Å². The Balaban J connectivity index is 2.12. The van der Waals surface area contributed by atoms with E-state index >= 15 is 0 Å². The summed E-state index contributed by atoms with van der Waals surface area (Å²) in [4.78, 5) is 4.25. The molecular weight excluding hydrogens is 364 g/mol. The SMILES string of the molecule is N#Cc1c(-c2cccc(CNS(=O)O)c2)cc(-c2ccccc2O)nc1N. The topological polar surface area (TPSA) is 132 Å². The number of aromatic hydroxyl groups is 1. The van der Waals surface area contributed by atoms with Crippen LogP contribution in [0.25, 0.3) is 22.4 Å². The summed E-state index contributed by atoms with van der Waals surface area (Å²) >= 11 is -2.12. The second-order valence-electron chi connectivity index (χ2n) is 5.71. The highest BCUT2D eigenvalue weighted by molar-refractivity contribution is 7.77. The maximum Gasteiger partial charge on any atom is 0.232 e. The van der Waals surface area contributed by atoms with Crippen LogP contribution in [0.15, 0.2) is 54.6 Å². The average Bonchev–Trinajstić information content (AvgIpc) is 2.66. The molecule has 1 atom stereocenters. The molecule has 3 rings (SSSR count). The van der Waals surface area contributed by atoms with E-state index in [1.165, 1.54) is 0 Å². The molecule has 0 fully saturated rings. The van der Waals surface area contributed by atoms with Crippen LogP contribution in [0.2, 0.25) is 0 Å². The van der Waals surface area contributed by atoms with Gasteiger partial charge in [0, 0.05) is 17.7 Å². The minimum atomic E-state index is -2.12. The molecule has 1 unspecified atom stereocenters. The zero-order valence-electron chi connectivity index (χ0n) is 14.1. The number of nitriles is 1. The first-order chi connectivity index (χ1) is 13.0. The third kappa shape index (κ3) is 4.12. The predicted molar refractivity (Wildman–Crippen MR) is 104 cm³/mol. The number of pyridine rings is 1. The first-order valence-corrected chi connectivity index (χ1v) is 9.03. The fraction of sp³-hybridized carbons (Fsp3) is 0.0526. The quantitative estimate of drug-likeness (QED) is 0.503. The first-order valence-electron chi connectivity index (χ1n) is 7.92. The Bertz CT molecular complexity index is 1060. The van der Waals surface area contributed by atoms with Crippen molar-refractivity contribution in [1.29, 1.82) is 5.26 Å². The zero-order chi connectivity index (χ0) is 19.4. The Labute approximate surface area is 158 Å². The Kier molecular flexibility index (Phi) is 5.47. The lowest BCUT2D eigenvalue weighted by Gasteiger charge is -2.12. The van der Waals surface area contributed by atoms with Crippen molar-refractivity contribution in [2.75, 3.05) is 5.73 Å². The van der Waals surface area contributed by atoms with Crippen molar-refractivity contribution in [2.45, 2.75) is 6.54 Å². The Morgan fingerprint density at radius 2 is 1.93 bits per heavy atom. The molecule has 0 bridgehead atoms. The second-order valence-corrected chi connectivity index (χ2v) is 6.50. The molecule has 0 spiro atoms. The predicted octanol–water partition coefficient (Wildman–Crippen LogP) is 2.80. The molecule has 1 aromatic heterocycles. The Hall–Kier alpha value is -3.25. The third-order valence-electron chi connectivity index (χ3n) is 3.98. The zero-order valence-corrected chi connectivity index (χ0v) is 14.9. The molecule has 0 saturated carbocycles. The van der Waals surface area contributed by atoms with E-state index in [1.807, 2.05) is 6.07 Å². The van der Waals surface area contributed by atoms with Gasteiger partial charge in [-0.3, -0.25) is 4.55 Å². The van der Waals surface area contributed by atoms with E-state index in [2.05, 4.69) is 15.8 Å². The number of nitrogens with one attached hydrogen (secondary N) is 1.